The van der Waals surface area contributed by atoms with E-state index < -0.39 is 114 Å². The molecule has 0 aliphatic carbocycles. The number of benzene rings is 3. The van der Waals surface area contributed by atoms with E-state index in [0.29, 0.717) is 138 Å². The van der Waals surface area contributed by atoms with Crippen LogP contribution in [0.5, 0.6) is 0 Å². The van der Waals surface area contributed by atoms with Gasteiger partial charge in [0, 0.05) is 80.4 Å². The molecule has 0 unspecified atom stereocenters. The summed E-state index contributed by atoms with van der Waals surface area (Å²) >= 11 is 2.91. The normalized spacial score (nSPS) is 17.7. The molecule has 5 aromatic rings. The van der Waals surface area contributed by atoms with Crippen LogP contribution in [0.15, 0.2) is 96.6 Å². The van der Waals surface area contributed by atoms with Crippen molar-refractivity contribution in [2.24, 2.45) is 53.2 Å². The lowest BCUT2D eigenvalue weighted by atomic mass is 9.89. The highest BCUT2D eigenvalue weighted by molar-refractivity contribution is 7.15. The third kappa shape index (κ3) is 35.7. The van der Waals surface area contributed by atoms with Gasteiger partial charge in [0.05, 0.1) is 180 Å². The third-order valence-electron chi connectivity index (χ3n) is 29.5. The Bertz CT molecular complexity index is 4830. The molecule has 6 N–H and O–H groups in total. The van der Waals surface area contributed by atoms with Crippen LogP contribution in [-0.2, 0) is 104 Å². The molecule has 11 amide bonds. The van der Waals surface area contributed by atoms with Crippen LogP contribution in [0.25, 0.3) is 10.4 Å². The molecular formula is C111H174N14O21S2. The van der Waals surface area contributed by atoms with Crippen molar-refractivity contribution in [2.45, 2.75) is 304 Å². The molecule has 5 heterocycles. The molecule has 0 spiro atoms. The van der Waals surface area contributed by atoms with Gasteiger partial charge in [0.15, 0.2) is 0 Å². The van der Waals surface area contributed by atoms with E-state index in [1.54, 1.807) is 87.6 Å². The predicted molar refractivity (Wildman–Crippen MR) is 572 cm³/mol. The average molecular weight is 2100 g/mol. The first-order valence-corrected chi connectivity index (χ1v) is 55.3. The van der Waals surface area contributed by atoms with E-state index in [1.165, 1.54) is 34.7 Å². The van der Waals surface area contributed by atoms with Crippen molar-refractivity contribution < 1.29 is 100 Å². The zero-order valence-corrected chi connectivity index (χ0v) is 93.7. The van der Waals surface area contributed by atoms with Crippen molar-refractivity contribution in [3.05, 3.63) is 129 Å². The topological polar surface area (TPSA) is 403 Å². The quantitative estimate of drug-likeness (QED) is 0.0137. The molecule has 8 rings (SSSR count). The summed E-state index contributed by atoms with van der Waals surface area (Å²) in [5, 5.41) is 17.1. The van der Waals surface area contributed by atoms with Gasteiger partial charge in [-0.2, -0.15) is 0 Å². The molecule has 3 aliphatic heterocycles. The number of thiazole rings is 2. The monoisotopic (exact) mass is 2100 g/mol. The lowest BCUT2D eigenvalue weighted by molar-refractivity contribution is -0.148. The van der Waals surface area contributed by atoms with Crippen LogP contribution in [-0.4, -0.2) is 324 Å². The van der Waals surface area contributed by atoms with E-state index in [9.17, 15) is 28.8 Å². The van der Waals surface area contributed by atoms with Crippen molar-refractivity contribution in [3.8, 4) is 10.4 Å². The third-order valence-corrected chi connectivity index (χ3v) is 31.6. The fourth-order valence-corrected chi connectivity index (χ4v) is 22.5. The molecule has 2 saturated heterocycles. The largest absolute Gasteiger partial charge is 0.379 e. The molecule has 3 aromatic carbocycles. The summed E-state index contributed by atoms with van der Waals surface area (Å²) in [6.45, 7) is 31.8. The summed E-state index contributed by atoms with van der Waals surface area (Å²) < 4.78 is 47.1. The van der Waals surface area contributed by atoms with E-state index in [4.69, 9.17) is 58.6 Å². The number of hydrogen-bond donors (Lipinski definition) is 5. The number of likely N-dealkylation sites (tertiary alicyclic amines) is 2. The van der Waals surface area contributed by atoms with Crippen molar-refractivity contribution >= 4 is 87.7 Å². The Kier molecular flexibility index (Phi) is 53.6. The maximum atomic E-state index is 15.1. The van der Waals surface area contributed by atoms with Gasteiger partial charge in [0.2, 0.25) is 53.2 Å². The Morgan fingerprint density at radius 3 is 1.34 bits per heavy atom. The molecule has 0 radical (unpaired) electrons. The summed E-state index contributed by atoms with van der Waals surface area (Å²) in [5.41, 5.74) is 3.54. The number of carbonyl (C=O) groups is 11. The van der Waals surface area contributed by atoms with Gasteiger partial charge < -0.3 is 88.5 Å². The number of unbranched alkanes of at least 4 members (excludes halogenated alkanes) is 7. The first kappa shape index (κ1) is 124. The predicted octanol–water partition coefficient (Wildman–Crippen LogP) is 13.3. The van der Waals surface area contributed by atoms with Gasteiger partial charge >= 0.3 is 0 Å². The number of aromatic nitrogens is 2. The number of hydroxylamine groups is 2. The van der Waals surface area contributed by atoms with Gasteiger partial charge in [-0.25, -0.2) is 15.9 Å². The number of nitrogens with two attached hydrogens (primary N) is 1. The first-order chi connectivity index (χ1) is 70.9. The summed E-state index contributed by atoms with van der Waals surface area (Å²) in [4.78, 5) is 189. The molecule has 0 bridgehead atoms. The fraction of sp³-hybridized carbons (Fsp3) is 0.685. The first-order valence-electron chi connectivity index (χ1n) is 53.6. The van der Waals surface area contributed by atoms with Gasteiger partial charge in [0.25, 0.3) is 11.8 Å². The van der Waals surface area contributed by atoms with Gasteiger partial charge in [-0.3, -0.25) is 62.5 Å². The Morgan fingerprint density at radius 2 is 0.905 bits per heavy atom. The Morgan fingerprint density at radius 1 is 0.473 bits per heavy atom. The number of likely N-dealkylation sites (N-methyl/N-ethyl adjacent to an activating group) is 4. The van der Waals surface area contributed by atoms with Crippen LogP contribution in [0.2, 0.25) is 0 Å². The molecule has 3 aliphatic rings. The highest BCUT2D eigenvalue weighted by atomic mass is 32.1. The number of hydrogen-bond acceptors (Lipinski definition) is 27. The number of ether oxygens (including phenoxy) is 8. The van der Waals surface area contributed by atoms with Crippen molar-refractivity contribution in [2.75, 3.05) is 142 Å². The highest BCUT2D eigenvalue weighted by Crippen LogP contribution is 2.38. The zero-order valence-electron chi connectivity index (χ0n) is 92.1. The van der Waals surface area contributed by atoms with Crippen LogP contribution >= 0.6 is 22.7 Å². The van der Waals surface area contributed by atoms with E-state index in [2.05, 4.69) is 37.9 Å². The molecule has 0 saturated carbocycles. The SMILES string of the molecule is CC[C@H](C)[C@@H]([C@@H](CC(=O)N1CCC[C@H]1[C@H](OC)[C@@H](C)C(=O)N[C@@H](Cc1ccc(-c2cnc([C@H](Cc3ccccc3)NC(=O)[C@H](C)[C@@H](OC)[C@@H]3CCCN3C(=O)C[C@@H](OC)[C@H]([C@@H](C)CC)N(C)C(=O)[C@@H](NC(=O)[C@H](C(C)C)N(C)C(=O)CCOCCOCCOCCOCCON)C(C)C)s2)cc1)c1nccs1)OC)N(C)C(=O)[C@@H](NC(=O)[C@H](C(C)C)N(C)CCCCCCCCCCON1C(=O)c2ccccc2C1=O)C(C)C. The smallest absolute Gasteiger partial charge is 0.285 e. The minimum absolute atomic E-state index is 0.0182. The highest BCUT2D eigenvalue weighted by Gasteiger charge is 2.48. The fourth-order valence-electron chi connectivity index (χ4n) is 20.8. The second kappa shape index (κ2) is 64.0. The molecule has 826 valence electrons. The standard InChI is InChI=1S/C111H174N14O21S2/c1-23-75(11)98(121(17)110(135)94(71(3)4)117-104(131)96(73(7)8)119(15)52-36-29-27-25-26-28-30-37-55-146-125-108(133)82-42-34-35-43-83(82)109(125)134)88(137-19)68-92(127)123-53-38-44-86(123)100(139-21)77(13)102(129)115-84(106-113-51-65-147-106)67-80-46-48-81(49-47-80)90-70-114-107(148-90)85(66-79-40-32-31-33-41-79)116-103(130)78(14)101(140-22)87-45-39-54-124(87)93(128)69-89(138-20)99(76(12)24-2)122(18)111(136)95(72(5)6)118-105(132)97(74(9)10)120(16)91(126)50-56-141-57-58-142-59-60-143-61-62-144-63-64-145-112/h31-35,40-43,46-49,51,65,70-78,84-89,94-101H,23-30,36-39,44-45,50,52-64,66-69,112H2,1-22H3,(H,115,129)(H,116,130)(H,117,131)(H,118,132)/t75-,76-,77+,78+,84-,85-,86-,87-,88+,89+,94-,95-,96-,97-,98-,99-,100+,101+/m0/s1. The van der Waals surface area contributed by atoms with E-state index in [0.717, 1.165) is 78.0 Å². The van der Waals surface area contributed by atoms with Crippen LogP contribution in [0.1, 0.15) is 260 Å². The van der Waals surface area contributed by atoms with Gasteiger partial charge in [-0.05, 0) is 129 Å². The number of methoxy groups -OCH3 is 4. The van der Waals surface area contributed by atoms with Crippen LogP contribution < -0.4 is 27.2 Å². The molecule has 2 aromatic heterocycles. The maximum absolute atomic E-state index is 15.1. The van der Waals surface area contributed by atoms with Crippen LogP contribution in [0, 0.1) is 47.3 Å². The Labute approximate surface area is 887 Å². The van der Waals surface area contributed by atoms with Gasteiger partial charge in [0.1, 0.15) is 28.1 Å². The second-order valence-electron chi connectivity index (χ2n) is 41.3. The van der Waals surface area contributed by atoms with Crippen molar-refractivity contribution in [1.82, 2.24) is 65.7 Å². The summed E-state index contributed by atoms with van der Waals surface area (Å²) in [5.74, 6) is -1.20. The lowest BCUT2D eigenvalue weighted by Gasteiger charge is -2.41. The van der Waals surface area contributed by atoms with Crippen LogP contribution in [0.4, 0.5) is 0 Å². The number of nitrogens with zero attached hydrogens (tertiary/aromatic N) is 9. The molecular weight excluding hydrogens is 1930 g/mol. The van der Waals surface area contributed by atoms with Gasteiger partial charge in [-0.15, -0.1) is 27.7 Å². The van der Waals surface area contributed by atoms with Crippen molar-refractivity contribution in [3.63, 3.8) is 0 Å². The number of nitrogens with one attached hydrogen (secondary N) is 4. The Balaban J connectivity index is 0.842. The summed E-state index contributed by atoms with van der Waals surface area (Å²) in [7, 11) is 13.2. The average Bonchev–Trinajstić information content (AvgIpc) is 1.70. The van der Waals surface area contributed by atoms with E-state index in [1.807, 2.05) is 168 Å². The molecule has 37 heteroatoms. The maximum Gasteiger partial charge on any atom is 0.285 e. The van der Waals surface area contributed by atoms with Crippen molar-refractivity contribution in [1.29, 1.82) is 0 Å². The number of carbonyl (C=O) groups excluding carboxylic acids is 11. The number of amides is 11. The number of rotatable bonds is 70. The van der Waals surface area contributed by atoms with Crippen LogP contribution in [0.3, 0.4) is 0 Å². The minimum Gasteiger partial charge on any atom is -0.379 e. The van der Waals surface area contributed by atoms with E-state index >= 15 is 24.0 Å². The molecule has 148 heavy (non-hydrogen) atoms. The number of fused-ring (bicyclic) bond motifs is 1. The van der Waals surface area contributed by atoms with E-state index in [-0.39, 0.29) is 122 Å². The summed E-state index contributed by atoms with van der Waals surface area (Å²) in [6, 6.07) is 18.3. The number of imide groups is 1. The summed E-state index contributed by atoms with van der Waals surface area (Å²) in [6.07, 6.45) is 12.9. The molecule has 18 atom stereocenters. The Hall–Kier alpha value is -9.19. The lowest BCUT2D eigenvalue weighted by Crippen LogP contribution is -2.60. The molecule has 2 fully saturated rings. The minimum atomic E-state index is -1.000. The van der Waals surface area contributed by atoms with Gasteiger partial charge in [-0.1, -0.05) is 215 Å². The molecule has 35 nitrogen and oxygen atoms in total. The zero-order chi connectivity index (χ0) is 108. The second-order valence-corrected chi connectivity index (χ2v) is 43.3.